The fourth-order valence-electron chi connectivity index (χ4n) is 3.26. The van der Waals surface area contributed by atoms with Gasteiger partial charge in [-0.15, -0.1) is 0 Å². The number of likely N-dealkylation sites (tertiary alicyclic amines) is 1. The van der Waals surface area contributed by atoms with Crippen LogP contribution in [-0.2, 0) is 10.0 Å². The van der Waals surface area contributed by atoms with Crippen LogP contribution in [0, 0.1) is 11.6 Å². The van der Waals surface area contributed by atoms with Crippen LogP contribution in [0.15, 0.2) is 47.4 Å². The first-order chi connectivity index (χ1) is 14.2. The molecule has 162 valence electrons. The van der Waals surface area contributed by atoms with E-state index in [1.54, 1.807) is 18.7 Å². The maximum Gasteiger partial charge on any atom is 0.253 e. The molecular formula is C21H24F2N2O4S. The zero-order chi connectivity index (χ0) is 21.9. The Balaban J connectivity index is 1.58. The topological polar surface area (TPSA) is 75.7 Å². The number of amides is 1. The molecule has 0 unspecified atom stereocenters. The molecule has 1 aliphatic rings. The summed E-state index contributed by atoms with van der Waals surface area (Å²) in [6.45, 7) is 4.29. The SMILES string of the molecule is CC(C)NS(=O)(=O)c1ccc(C(=O)N2CCC(Oc3ccc(F)cc3F)CC2)cc1. The average Bonchev–Trinajstić information content (AvgIpc) is 2.69. The predicted octanol–water partition coefficient (Wildman–Crippen LogP) is 3.34. The van der Waals surface area contributed by atoms with Crippen LogP contribution in [0.1, 0.15) is 37.0 Å². The van der Waals surface area contributed by atoms with E-state index in [2.05, 4.69) is 4.72 Å². The van der Waals surface area contributed by atoms with Crippen molar-refractivity contribution >= 4 is 15.9 Å². The van der Waals surface area contributed by atoms with Crippen molar-refractivity contribution in [3.8, 4) is 5.75 Å². The predicted molar refractivity (Wildman–Crippen MR) is 108 cm³/mol. The van der Waals surface area contributed by atoms with Crippen LogP contribution < -0.4 is 9.46 Å². The van der Waals surface area contributed by atoms with E-state index >= 15 is 0 Å². The van der Waals surface area contributed by atoms with Crippen molar-refractivity contribution in [2.75, 3.05) is 13.1 Å². The van der Waals surface area contributed by atoms with Crippen LogP contribution in [0.25, 0.3) is 0 Å². The number of carbonyl (C=O) groups excluding carboxylic acids is 1. The van der Waals surface area contributed by atoms with Gasteiger partial charge in [0.25, 0.3) is 5.91 Å². The molecule has 1 fully saturated rings. The summed E-state index contributed by atoms with van der Waals surface area (Å²) >= 11 is 0. The van der Waals surface area contributed by atoms with E-state index in [0.29, 0.717) is 31.5 Å². The van der Waals surface area contributed by atoms with E-state index in [1.165, 1.54) is 30.3 Å². The summed E-state index contributed by atoms with van der Waals surface area (Å²) in [5.41, 5.74) is 0.391. The summed E-state index contributed by atoms with van der Waals surface area (Å²) in [5.74, 6) is -1.63. The monoisotopic (exact) mass is 438 g/mol. The standard InChI is InChI=1S/C21H24F2N2O4S/c1-14(2)24-30(27,28)18-6-3-15(4-7-18)21(26)25-11-9-17(10-12-25)29-20-8-5-16(22)13-19(20)23/h3-8,13-14,17,24H,9-12H2,1-2H3. The lowest BCUT2D eigenvalue weighted by Gasteiger charge is -2.32. The Hall–Kier alpha value is -2.52. The second-order valence-corrected chi connectivity index (χ2v) is 9.20. The molecule has 30 heavy (non-hydrogen) atoms. The van der Waals surface area contributed by atoms with Gasteiger partial charge in [0.1, 0.15) is 11.9 Å². The van der Waals surface area contributed by atoms with Gasteiger partial charge in [-0.1, -0.05) is 0 Å². The largest absolute Gasteiger partial charge is 0.487 e. The van der Waals surface area contributed by atoms with Gasteiger partial charge in [0, 0.05) is 43.6 Å². The number of nitrogens with one attached hydrogen (secondary N) is 1. The number of ether oxygens (including phenoxy) is 1. The molecule has 0 saturated carbocycles. The Bertz CT molecular complexity index is 1000. The minimum absolute atomic E-state index is 0.00650. The van der Waals surface area contributed by atoms with Gasteiger partial charge in [0.2, 0.25) is 10.0 Å². The molecule has 0 atom stereocenters. The van der Waals surface area contributed by atoms with Gasteiger partial charge >= 0.3 is 0 Å². The number of piperidine rings is 1. The maximum atomic E-state index is 13.7. The molecule has 1 saturated heterocycles. The van der Waals surface area contributed by atoms with E-state index in [-0.39, 0.29) is 28.7 Å². The first kappa shape index (κ1) is 22.2. The molecule has 6 nitrogen and oxygen atoms in total. The molecule has 1 amide bonds. The van der Waals surface area contributed by atoms with Gasteiger partial charge in [-0.25, -0.2) is 21.9 Å². The van der Waals surface area contributed by atoms with E-state index < -0.39 is 21.7 Å². The molecule has 2 aromatic rings. The van der Waals surface area contributed by atoms with Gasteiger partial charge in [0.15, 0.2) is 11.6 Å². The number of sulfonamides is 1. The minimum atomic E-state index is -3.62. The van der Waals surface area contributed by atoms with Crippen LogP contribution in [0.4, 0.5) is 8.78 Å². The number of benzene rings is 2. The summed E-state index contributed by atoms with van der Waals surface area (Å²) < 4.78 is 59.2. The summed E-state index contributed by atoms with van der Waals surface area (Å²) in [6, 6.07) is 8.73. The minimum Gasteiger partial charge on any atom is -0.487 e. The van der Waals surface area contributed by atoms with Crippen molar-refractivity contribution in [2.24, 2.45) is 0 Å². The Morgan fingerprint density at radius 1 is 1.10 bits per heavy atom. The summed E-state index contributed by atoms with van der Waals surface area (Å²) in [7, 11) is -3.62. The Kier molecular flexibility index (Phi) is 6.72. The average molecular weight is 438 g/mol. The first-order valence-electron chi connectivity index (χ1n) is 9.69. The lowest BCUT2D eigenvalue weighted by molar-refractivity contribution is 0.0588. The zero-order valence-corrected chi connectivity index (χ0v) is 17.6. The van der Waals surface area contributed by atoms with Gasteiger partial charge in [-0.3, -0.25) is 4.79 Å². The molecule has 0 spiro atoms. The molecule has 9 heteroatoms. The number of hydrogen-bond acceptors (Lipinski definition) is 4. The molecule has 1 aliphatic heterocycles. The van der Waals surface area contributed by atoms with E-state index in [0.717, 1.165) is 12.1 Å². The fraction of sp³-hybridized carbons (Fsp3) is 0.381. The highest BCUT2D eigenvalue weighted by Crippen LogP contribution is 2.23. The quantitative estimate of drug-likeness (QED) is 0.751. The lowest BCUT2D eigenvalue weighted by atomic mass is 10.1. The van der Waals surface area contributed by atoms with Gasteiger partial charge in [-0.05, 0) is 50.2 Å². The lowest BCUT2D eigenvalue weighted by Crippen LogP contribution is -2.41. The van der Waals surface area contributed by atoms with Crippen molar-refractivity contribution in [3.63, 3.8) is 0 Å². The van der Waals surface area contributed by atoms with Gasteiger partial charge < -0.3 is 9.64 Å². The maximum absolute atomic E-state index is 13.7. The number of halogens is 2. The van der Waals surface area contributed by atoms with Crippen molar-refractivity contribution < 1.29 is 26.7 Å². The Labute approximate surface area is 174 Å². The molecule has 1 N–H and O–H groups in total. The Morgan fingerprint density at radius 2 is 1.73 bits per heavy atom. The first-order valence-corrected chi connectivity index (χ1v) is 11.2. The van der Waals surface area contributed by atoms with Crippen LogP contribution in [0.2, 0.25) is 0 Å². The fourth-order valence-corrected chi connectivity index (χ4v) is 4.52. The highest BCUT2D eigenvalue weighted by Gasteiger charge is 2.26. The molecule has 0 aliphatic carbocycles. The third-order valence-electron chi connectivity index (χ3n) is 4.72. The zero-order valence-electron chi connectivity index (χ0n) is 16.8. The number of hydrogen-bond donors (Lipinski definition) is 1. The number of carbonyl (C=O) groups is 1. The van der Waals surface area contributed by atoms with Gasteiger partial charge in [-0.2, -0.15) is 0 Å². The second kappa shape index (κ2) is 9.09. The van der Waals surface area contributed by atoms with E-state index in [4.69, 9.17) is 4.74 Å². The van der Waals surface area contributed by atoms with Crippen molar-refractivity contribution in [3.05, 3.63) is 59.7 Å². The molecule has 0 bridgehead atoms. The number of nitrogens with zero attached hydrogens (tertiary/aromatic N) is 1. The Morgan fingerprint density at radius 3 is 2.30 bits per heavy atom. The molecule has 1 heterocycles. The summed E-state index contributed by atoms with van der Waals surface area (Å²) in [5, 5.41) is 0. The molecule has 0 radical (unpaired) electrons. The normalized spacial score (nSPS) is 15.4. The molecule has 2 aromatic carbocycles. The molecule has 0 aromatic heterocycles. The van der Waals surface area contributed by atoms with Gasteiger partial charge in [0.05, 0.1) is 4.90 Å². The van der Waals surface area contributed by atoms with Crippen molar-refractivity contribution in [1.29, 1.82) is 0 Å². The van der Waals surface area contributed by atoms with E-state index in [1.807, 2.05) is 0 Å². The van der Waals surface area contributed by atoms with Crippen LogP contribution in [0.3, 0.4) is 0 Å². The highest BCUT2D eigenvalue weighted by molar-refractivity contribution is 7.89. The third kappa shape index (κ3) is 5.34. The van der Waals surface area contributed by atoms with E-state index in [9.17, 15) is 22.0 Å². The summed E-state index contributed by atoms with van der Waals surface area (Å²) in [4.78, 5) is 14.5. The van der Waals surface area contributed by atoms with Crippen LogP contribution in [-0.4, -0.2) is 44.5 Å². The van der Waals surface area contributed by atoms with Crippen molar-refractivity contribution in [1.82, 2.24) is 9.62 Å². The third-order valence-corrected chi connectivity index (χ3v) is 6.39. The van der Waals surface area contributed by atoms with Crippen molar-refractivity contribution in [2.45, 2.75) is 43.7 Å². The second-order valence-electron chi connectivity index (χ2n) is 7.48. The molecule has 3 rings (SSSR count). The van der Waals surface area contributed by atoms with Crippen LogP contribution in [0.5, 0.6) is 5.75 Å². The summed E-state index contributed by atoms with van der Waals surface area (Å²) in [6.07, 6.45) is 0.740. The highest BCUT2D eigenvalue weighted by atomic mass is 32.2. The number of rotatable bonds is 6. The van der Waals surface area contributed by atoms with Crippen LogP contribution >= 0.6 is 0 Å². The molecular weight excluding hydrogens is 414 g/mol. The smallest absolute Gasteiger partial charge is 0.253 e.